The van der Waals surface area contributed by atoms with Gasteiger partial charge in [0.05, 0.1) is 6.61 Å². The molecule has 0 amide bonds. The van der Waals surface area contributed by atoms with Crippen molar-refractivity contribution in [3.63, 3.8) is 0 Å². The fourth-order valence-corrected chi connectivity index (χ4v) is 6.30. The first-order valence-electron chi connectivity index (χ1n) is 21.8. The van der Waals surface area contributed by atoms with Crippen LogP contribution in [0, 0.1) is 5.92 Å². The van der Waals surface area contributed by atoms with E-state index in [1.54, 1.807) is 0 Å². The Morgan fingerprint density at radius 1 is 0.500 bits per heavy atom. The molecular weight excluding hydrogens is 656 g/mol. The van der Waals surface area contributed by atoms with Crippen LogP contribution in [0.5, 0.6) is 0 Å². The maximum absolute atomic E-state index is 12.8. The molecule has 308 valence electrons. The lowest BCUT2D eigenvalue weighted by molar-refractivity contribution is -0.145. The van der Waals surface area contributed by atoms with Crippen LogP contribution in [-0.4, -0.2) is 93.6 Å². The van der Waals surface area contributed by atoms with Crippen molar-refractivity contribution in [1.82, 2.24) is 9.80 Å². The highest BCUT2D eigenvalue weighted by atomic mass is 16.7. The minimum atomic E-state index is -0.656. The number of ether oxygens (including phenoxy) is 4. The largest absolute Gasteiger partial charge is 0.508 e. The van der Waals surface area contributed by atoms with Gasteiger partial charge in [-0.15, -0.1) is 0 Å². The Labute approximate surface area is 321 Å². The highest BCUT2D eigenvalue weighted by Crippen LogP contribution is 2.19. The first-order valence-corrected chi connectivity index (χ1v) is 21.8. The summed E-state index contributed by atoms with van der Waals surface area (Å²) < 4.78 is 22.6. The van der Waals surface area contributed by atoms with Crippen LogP contribution in [0.15, 0.2) is 0 Å². The average molecular weight is 741 g/mol. The van der Waals surface area contributed by atoms with E-state index in [0.29, 0.717) is 57.9 Å². The van der Waals surface area contributed by atoms with E-state index < -0.39 is 6.16 Å². The molecule has 0 bridgehead atoms. The third-order valence-electron chi connectivity index (χ3n) is 10.1. The van der Waals surface area contributed by atoms with Crippen LogP contribution in [0.25, 0.3) is 0 Å². The van der Waals surface area contributed by atoms with Gasteiger partial charge in [0, 0.05) is 39.0 Å². The minimum Gasteiger partial charge on any atom is -0.465 e. The fourth-order valence-electron chi connectivity index (χ4n) is 6.30. The van der Waals surface area contributed by atoms with Crippen LogP contribution in [0.2, 0.25) is 0 Å². The number of carbonyl (C=O) groups is 3. The first-order chi connectivity index (χ1) is 25.3. The van der Waals surface area contributed by atoms with Gasteiger partial charge in [-0.05, 0) is 64.5 Å². The molecule has 0 fully saturated rings. The third kappa shape index (κ3) is 32.8. The SMILES string of the molecule is CCCCCCCCCC(=O)OCCN(CCOC(=O)OC(CCCCCC)CCCC(=O)OCC(CCCC)CCCCCC)CCN(C)CC. The Balaban J connectivity index is 4.75. The van der Waals surface area contributed by atoms with Gasteiger partial charge in [0.1, 0.15) is 19.3 Å². The van der Waals surface area contributed by atoms with Crippen molar-refractivity contribution < 1.29 is 33.3 Å². The molecule has 2 atom stereocenters. The maximum atomic E-state index is 12.8. The van der Waals surface area contributed by atoms with Crippen molar-refractivity contribution in [2.24, 2.45) is 5.92 Å². The molecule has 0 aromatic carbocycles. The van der Waals surface area contributed by atoms with Crippen molar-refractivity contribution in [1.29, 1.82) is 0 Å². The number of esters is 2. The number of hydrogen-bond donors (Lipinski definition) is 0. The molecule has 0 aromatic rings. The smallest absolute Gasteiger partial charge is 0.465 e. The van der Waals surface area contributed by atoms with E-state index in [1.807, 2.05) is 0 Å². The first kappa shape index (κ1) is 50.1. The highest BCUT2D eigenvalue weighted by molar-refractivity contribution is 5.69. The molecule has 0 rings (SSSR count). The summed E-state index contributed by atoms with van der Waals surface area (Å²) in [5.41, 5.74) is 0. The van der Waals surface area contributed by atoms with Crippen LogP contribution >= 0.6 is 0 Å². The Hall–Kier alpha value is -1.87. The van der Waals surface area contributed by atoms with Crippen LogP contribution in [0.4, 0.5) is 4.79 Å². The van der Waals surface area contributed by atoms with E-state index in [0.717, 1.165) is 83.8 Å². The highest BCUT2D eigenvalue weighted by Gasteiger charge is 2.18. The zero-order valence-electron chi connectivity index (χ0n) is 35.0. The van der Waals surface area contributed by atoms with Gasteiger partial charge in [-0.1, -0.05) is 131 Å². The molecule has 2 unspecified atom stereocenters. The van der Waals surface area contributed by atoms with Gasteiger partial charge in [-0.2, -0.15) is 0 Å². The Bertz CT molecular complexity index is 827. The Morgan fingerprint density at radius 3 is 1.63 bits per heavy atom. The zero-order chi connectivity index (χ0) is 38.5. The molecule has 52 heavy (non-hydrogen) atoms. The number of likely N-dealkylation sites (N-methyl/N-ethyl adjacent to an activating group) is 1. The monoisotopic (exact) mass is 741 g/mol. The van der Waals surface area contributed by atoms with Crippen molar-refractivity contribution in [2.45, 2.75) is 195 Å². The van der Waals surface area contributed by atoms with Gasteiger partial charge >= 0.3 is 18.1 Å². The van der Waals surface area contributed by atoms with Crippen LogP contribution < -0.4 is 0 Å². The predicted molar refractivity (Wildman–Crippen MR) is 215 cm³/mol. The minimum absolute atomic E-state index is 0.133. The third-order valence-corrected chi connectivity index (χ3v) is 10.1. The maximum Gasteiger partial charge on any atom is 0.508 e. The zero-order valence-corrected chi connectivity index (χ0v) is 35.0. The van der Waals surface area contributed by atoms with E-state index >= 15 is 0 Å². The van der Waals surface area contributed by atoms with Gasteiger partial charge < -0.3 is 23.8 Å². The van der Waals surface area contributed by atoms with Crippen molar-refractivity contribution in [2.75, 3.05) is 59.6 Å². The van der Waals surface area contributed by atoms with Crippen LogP contribution in [0.1, 0.15) is 189 Å². The summed E-state index contributed by atoms with van der Waals surface area (Å²) in [4.78, 5) is 42.1. The summed E-state index contributed by atoms with van der Waals surface area (Å²) in [6.07, 6.45) is 24.0. The molecule has 0 saturated heterocycles. The molecule has 0 aromatic heterocycles. The second-order valence-electron chi connectivity index (χ2n) is 14.9. The number of carbonyl (C=O) groups excluding carboxylic acids is 3. The van der Waals surface area contributed by atoms with Gasteiger partial charge in [0.2, 0.25) is 0 Å². The standard InChI is InChI=1S/C43H84N2O7/c1-7-12-16-19-20-21-24-30-41(46)49-36-34-45(33-32-44(6)11-5)35-37-50-43(48)52-40(28-23-18-14-9-3)29-25-31-42(47)51-38-39(26-15-10-4)27-22-17-13-8-2/h39-40H,7-38H2,1-6H3. The molecule has 9 nitrogen and oxygen atoms in total. The molecule has 0 aliphatic carbocycles. The van der Waals surface area contributed by atoms with Crippen LogP contribution in [-0.2, 0) is 28.5 Å². The van der Waals surface area contributed by atoms with Crippen LogP contribution in [0.3, 0.4) is 0 Å². The van der Waals surface area contributed by atoms with E-state index in [4.69, 9.17) is 18.9 Å². The molecule has 9 heteroatoms. The van der Waals surface area contributed by atoms with Gasteiger partial charge in [0.25, 0.3) is 0 Å². The van der Waals surface area contributed by atoms with E-state index in [9.17, 15) is 14.4 Å². The summed E-state index contributed by atoms with van der Waals surface area (Å²) in [6, 6.07) is 0. The lowest BCUT2D eigenvalue weighted by atomic mass is 9.96. The Morgan fingerprint density at radius 2 is 1.00 bits per heavy atom. The number of nitrogens with zero attached hydrogens (tertiary/aromatic N) is 2. The molecule has 0 aliphatic heterocycles. The molecule has 0 saturated carbocycles. The molecule has 0 spiro atoms. The van der Waals surface area contributed by atoms with Crippen molar-refractivity contribution >= 4 is 18.1 Å². The molecule has 0 heterocycles. The van der Waals surface area contributed by atoms with Crippen molar-refractivity contribution in [3.05, 3.63) is 0 Å². The summed E-state index contributed by atoms with van der Waals surface area (Å²) >= 11 is 0. The summed E-state index contributed by atoms with van der Waals surface area (Å²) in [5, 5.41) is 0. The molecule has 0 N–H and O–H groups in total. The number of hydrogen-bond acceptors (Lipinski definition) is 9. The van der Waals surface area contributed by atoms with Gasteiger partial charge in [0.15, 0.2) is 0 Å². The van der Waals surface area contributed by atoms with E-state index in [1.165, 1.54) is 64.2 Å². The lowest BCUT2D eigenvalue weighted by Crippen LogP contribution is -2.38. The second kappa shape index (κ2) is 37.4. The topological polar surface area (TPSA) is 94.6 Å². The predicted octanol–water partition coefficient (Wildman–Crippen LogP) is 10.9. The quantitative estimate of drug-likeness (QED) is 0.0348. The van der Waals surface area contributed by atoms with Gasteiger partial charge in [-0.3, -0.25) is 14.5 Å². The molecule has 0 aliphatic rings. The van der Waals surface area contributed by atoms with E-state index in [-0.39, 0.29) is 24.6 Å². The van der Waals surface area contributed by atoms with Crippen molar-refractivity contribution in [3.8, 4) is 0 Å². The number of unbranched alkanes of at least 4 members (excludes halogenated alkanes) is 13. The fraction of sp³-hybridized carbons (Fsp3) is 0.930. The lowest BCUT2D eigenvalue weighted by Gasteiger charge is -2.25. The average Bonchev–Trinajstić information content (AvgIpc) is 3.13. The molecular formula is C43H84N2O7. The summed E-state index contributed by atoms with van der Waals surface area (Å²) in [6.45, 7) is 15.7. The molecule has 0 radical (unpaired) electrons. The summed E-state index contributed by atoms with van der Waals surface area (Å²) in [5.74, 6) is 0.161. The van der Waals surface area contributed by atoms with E-state index in [2.05, 4.69) is 51.5 Å². The normalized spacial score (nSPS) is 12.6. The van der Waals surface area contributed by atoms with Gasteiger partial charge in [-0.25, -0.2) is 4.79 Å². The summed E-state index contributed by atoms with van der Waals surface area (Å²) in [7, 11) is 2.08. The number of rotatable bonds is 38. The second-order valence-corrected chi connectivity index (χ2v) is 14.9. The Kier molecular flexibility index (Phi) is 36.1.